The van der Waals surface area contributed by atoms with Crippen LogP contribution in [-0.4, -0.2) is 14.4 Å². The summed E-state index contributed by atoms with van der Waals surface area (Å²) in [6.45, 7) is 0. The molecule has 0 aromatic heterocycles. The van der Waals surface area contributed by atoms with Crippen LogP contribution in [0.2, 0.25) is 16.6 Å². The molecule has 0 radical (unpaired) electrons. The zero-order valence-corrected chi connectivity index (χ0v) is 17.7. The van der Waals surface area contributed by atoms with Crippen LogP contribution >= 0.6 is 0 Å². The molecule has 2 heteroatoms. The van der Waals surface area contributed by atoms with Gasteiger partial charge in [0.2, 0.25) is 8.32 Å². The molecule has 0 unspecified atom stereocenters. The van der Waals surface area contributed by atoms with Crippen LogP contribution in [0.25, 0.3) is 0 Å². The monoisotopic (exact) mass is 362 g/mol. The van der Waals surface area contributed by atoms with Crippen molar-refractivity contribution >= 4 is 8.32 Å². The zero-order valence-electron chi connectivity index (χ0n) is 16.7. The van der Waals surface area contributed by atoms with Gasteiger partial charge in [-0.1, -0.05) is 109 Å². The van der Waals surface area contributed by atoms with E-state index in [0.29, 0.717) is 6.10 Å². The lowest BCUT2D eigenvalue weighted by Crippen LogP contribution is -2.52. The topological polar surface area (TPSA) is 9.23 Å². The second kappa shape index (κ2) is 8.91. The van der Waals surface area contributed by atoms with Crippen LogP contribution < -0.4 is 0 Å². The molecule has 0 aliphatic heterocycles. The Hall–Kier alpha value is 0.177. The van der Waals surface area contributed by atoms with Gasteiger partial charge in [0.05, 0.1) is 0 Å². The van der Waals surface area contributed by atoms with Gasteiger partial charge in [0.1, 0.15) is 0 Å². The molecular weight excluding hydrogens is 320 g/mol. The minimum atomic E-state index is -1.62. The van der Waals surface area contributed by atoms with E-state index in [1.165, 1.54) is 122 Å². The van der Waals surface area contributed by atoms with Gasteiger partial charge in [-0.05, 0) is 29.5 Å². The maximum absolute atomic E-state index is 7.61. The fourth-order valence-electron chi connectivity index (χ4n) is 7.24. The molecule has 4 saturated carbocycles. The lowest BCUT2D eigenvalue weighted by atomic mass is 9.99. The second-order valence-corrected chi connectivity index (χ2v) is 14.3. The molecule has 0 aromatic carbocycles. The SMILES string of the molecule is C1CCCC(O[Si](C2CCCC2)(C2CCCC2)C2CCCC2)CCC1. The van der Waals surface area contributed by atoms with Crippen LogP contribution in [-0.2, 0) is 4.43 Å². The summed E-state index contributed by atoms with van der Waals surface area (Å²) in [4.78, 5) is 0. The third-order valence-electron chi connectivity index (χ3n) is 8.40. The molecule has 0 aromatic rings. The molecule has 1 nitrogen and oxygen atoms in total. The Morgan fingerprint density at radius 1 is 0.400 bits per heavy atom. The minimum Gasteiger partial charge on any atom is -0.413 e. The van der Waals surface area contributed by atoms with Crippen molar-refractivity contribution in [2.45, 2.75) is 145 Å². The summed E-state index contributed by atoms with van der Waals surface area (Å²) in [5.41, 5.74) is 3.09. The van der Waals surface area contributed by atoms with Crippen molar-refractivity contribution in [1.82, 2.24) is 0 Å². The molecule has 4 rings (SSSR count). The van der Waals surface area contributed by atoms with Gasteiger partial charge in [-0.25, -0.2) is 0 Å². The van der Waals surface area contributed by atoms with E-state index in [4.69, 9.17) is 4.43 Å². The van der Waals surface area contributed by atoms with Crippen molar-refractivity contribution in [3.63, 3.8) is 0 Å². The van der Waals surface area contributed by atoms with Gasteiger partial charge in [-0.2, -0.15) is 0 Å². The second-order valence-electron chi connectivity index (χ2n) is 9.88. The average molecular weight is 363 g/mol. The Balaban J connectivity index is 1.60. The smallest absolute Gasteiger partial charge is 0.202 e. The van der Waals surface area contributed by atoms with Crippen LogP contribution in [0.15, 0.2) is 0 Å². The summed E-state index contributed by atoms with van der Waals surface area (Å²) in [5.74, 6) is 0. The van der Waals surface area contributed by atoms with Crippen molar-refractivity contribution < 1.29 is 4.43 Å². The lowest BCUT2D eigenvalue weighted by molar-refractivity contribution is 0.138. The summed E-state index contributed by atoms with van der Waals surface area (Å²) in [6, 6.07) is 0. The molecule has 4 aliphatic carbocycles. The summed E-state index contributed by atoms with van der Waals surface area (Å²) in [7, 11) is -1.62. The molecule has 0 bridgehead atoms. The highest BCUT2D eigenvalue weighted by atomic mass is 28.4. The van der Waals surface area contributed by atoms with Gasteiger partial charge >= 0.3 is 0 Å². The van der Waals surface area contributed by atoms with E-state index in [1.54, 1.807) is 0 Å². The van der Waals surface area contributed by atoms with Gasteiger partial charge in [0, 0.05) is 6.10 Å². The first-order chi connectivity index (χ1) is 12.4. The van der Waals surface area contributed by atoms with Gasteiger partial charge in [-0.15, -0.1) is 0 Å². The minimum absolute atomic E-state index is 0.647. The molecule has 0 atom stereocenters. The maximum atomic E-state index is 7.61. The van der Waals surface area contributed by atoms with Crippen LogP contribution in [0.5, 0.6) is 0 Å². The molecular formula is C23H42OSi. The Kier molecular flexibility index (Phi) is 6.61. The standard InChI is InChI=1S/C23H42OSi/c1-2-4-12-20(13-5-3-1)24-25(21-14-6-7-15-21,22-16-8-9-17-22)23-18-10-11-19-23/h20-23H,1-19H2. The van der Waals surface area contributed by atoms with Crippen molar-refractivity contribution in [3.8, 4) is 0 Å². The van der Waals surface area contributed by atoms with Gasteiger partial charge in [0.25, 0.3) is 0 Å². The maximum Gasteiger partial charge on any atom is 0.202 e. The molecule has 4 aliphatic rings. The fourth-order valence-corrected chi connectivity index (χ4v) is 14.6. The van der Waals surface area contributed by atoms with Gasteiger partial charge in [0.15, 0.2) is 0 Å². The first-order valence-electron chi connectivity index (χ1n) is 12.1. The van der Waals surface area contributed by atoms with Crippen LogP contribution in [0.4, 0.5) is 0 Å². The van der Waals surface area contributed by atoms with Crippen LogP contribution in [0.3, 0.4) is 0 Å². The van der Waals surface area contributed by atoms with E-state index in [0.717, 1.165) is 16.6 Å². The van der Waals surface area contributed by atoms with E-state index >= 15 is 0 Å². The van der Waals surface area contributed by atoms with E-state index in [1.807, 2.05) is 0 Å². The molecule has 0 amide bonds. The Labute approximate surface area is 157 Å². The Morgan fingerprint density at radius 2 is 0.720 bits per heavy atom. The van der Waals surface area contributed by atoms with E-state index in [9.17, 15) is 0 Å². The molecule has 0 spiro atoms. The molecule has 0 heterocycles. The largest absolute Gasteiger partial charge is 0.413 e. The van der Waals surface area contributed by atoms with Crippen molar-refractivity contribution in [2.24, 2.45) is 0 Å². The van der Waals surface area contributed by atoms with Crippen molar-refractivity contribution in [3.05, 3.63) is 0 Å². The fraction of sp³-hybridized carbons (Fsp3) is 1.00. The summed E-state index contributed by atoms with van der Waals surface area (Å²) in [6.07, 6.45) is 29.0. The Bertz CT molecular complexity index is 342. The number of hydrogen-bond donors (Lipinski definition) is 0. The number of hydrogen-bond acceptors (Lipinski definition) is 1. The average Bonchev–Trinajstić information content (AvgIpc) is 3.36. The highest BCUT2D eigenvalue weighted by molar-refractivity contribution is 6.78. The quantitative estimate of drug-likeness (QED) is 0.452. The lowest BCUT2D eigenvalue weighted by Gasteiger charge is -2.48. The number of rotatable bonds is 5. The van der Waals surface area contributed by atoms with Crippen molar-refractivity contribution in [1.29, 1.82) is 0 Å². The molecule has 0 saturated heterocycles. The van der Waals surface area contributed by atoms with Gasteiger partial charge in [-0.3, -0.25) is 0 Å². The van der Waals surface area contributed by atoms with E-state index < -0.39 is 8.32 Å². The van der Waals surface area contributed by atoms with E-state index in [-0.39, 0.29) is 0 Å². The first-order valence-corrected chi connectivity index (χ1v) is 14.2. The highest BCUT2D eigenvalue weighted by Gasteiger charge is 2.56. The third kappa shape index (κ3) is 4.05. The third-order valence-corrected chi connectivity index (χ3v) is 14.7. The Morgan fingerprint density at radius 3 is 1.12 bits per heavy atom. The first kappa shape index (κ1) is 18.5. The van der Waals surface area contributed by atoms with Crippen LogP contribution in [0.1, 0.15) is 122 Å². The predicted molar refractivity (Wildman–Crippen MR) is 110 cm³/mol. The van der Waals surface area contributed by atoms with Crippen molar-refractivity contribution in [2.75, 3.05) is 0 Å². The van der Waals surface area contributed by atoms with Gasteiger partial charge < -0.3 is 4.43 Å². The normalized spacial score (nSPS) is 29.3. The summed E-state index contributed by atoms with van der Waals surface area (Å²) < 4.78 is 7.61. The summed E-state index contributed by atoms with van der Waals surface area (Å²) >= 11 is 0. The zero-order chi connectivity index (χ0) is 17.0. The molecule has 0 N–H and O–H groups in total. The predicted octanol–water partition coefficient (Wildman–Crippen LogP) is 7.89. The van der Waals surface area contributed by atoms with Crippen LogP contribution in [0, 0.1) is 0 Å². The summed E-state index contributed by atoms with van der Waals surface area (Å²) in [5, 5.41) is 0. The molecule has 25 heavy (non-hydrogen) atoms. The van der Waals surface area contributed by atoms with E-state index in [2.05, 4.69) is 0 Å². The molecule has 144 valence electrons. The molecule has 4 fully saturated rings. The highest BCUT2D eigenvalue weighted by Crippen LogP contribution is 2.59.